The molecule has 25 heavy (non-hydrogen) atoms. The van der Waals surface area contributed by atoms with E-state index in [1.54, 1.807) is 17.0 Å². The number of rotatable bonds is 6. The van der Waals surface area contributed by atoms with Crippen molar-refractivity contribution in [3.05, 3.63) is 29.8 Å². The lowest BCUT2D eigenvalue weighted by atomic mass is 10.0. The summed E-state index contributed by atoms with van der Waals surface area (Å²) in [6.45, 7) is 6.86. The zero-order valence-electron chi connectivity index (χ0n) is 15.1. The van der Waals surface area contributed by atoms with Crippen LogP contribution in [0.15, 0.2) is 29.2 Å². The van der Waals surface area contributed by atoms with Crippen LogP contribution < -0.4 is 5.32 Å². The largest absolute Gasteiger partial charge is 0.339 e. The molecule has 1 aliphatic rings. The van der Waals surface area contributed by atoms with Crippen LogP contribution in [0.25, 0.3) is 0 Å². The quantitative estimate of drug-likeness (QED) is 0.797. The van der Waals surface area contributed by atoms with Crippen LogP contribution in [0.4, 0.5) is 0 Å². The molecular formula is C17H28ClN3O3S. The Labute approximate surface area is 157 Å². The van der Waals surface area contributed by atoms with Gasteiger partial charge in [0.15, 0.2) is 0 Å². The molecule has 0 atom stereocenters. The average molecular weight is 390 g/mol. The van der Waals surface area contributed by atoms with E-state index >= 15 is 0 Å². The summed E-state index contributed by atoms with van der Waals surface area (Å²) in [5, 5.41) is 3.17. The highest BCUT2D eigenvalue weighted by Gasteiger charge is 2.25. The van der Waals surface area contributed by atoms with E-state index in [1.807, 2.05) is 12.1 Å². The standard InChI is InChI=1S/C17H27N3O3S.ClH/c1-14(2)12-15-4-6-16(7-5-15)24(22,23)19(3)13-17(21)20-10-8-18-9-11-20;/h4-7,14,18H,8-13H2,1-3H3;1H. The van der Waals surface area contributed by atoms with E-state index in [0.29, 0.717) is 19.0 Å². The van der Waals surface area contributed by atoms with Crippen LogP contribution in [0.1, 0.15) is 19.4 Å². The Morgan fingerprint density at radius 1 is 1.20 bits per heavy atom. The van der Waals surface area contributed by atoms with Crippen molar-refractivity contribution in [2.75, 3.05) is 39.8 Å². The lowest BCUT2D eigenvalue weighted by Gasteiger charge is -2.29. The topological polar surface area (TPSA) is 69.7 Å². The Balaban J connectivity index is 0.00000312. The van der Waals surface area contributed by atoms with E-state index in [1.165, 1.54) is 7.05 Å². The van der Waals surface area contributed by atoms with Gasteiger partial charge in [0.05, 0.1) is 11.4 Å². The molecule has 1 aromatic carbocycles. The second kappa shape index (κ2) is 9.52. The third-order valence-corrected chi connectivity index (χ3v) is 5.92. The number of sulfonamides is 1. The third-order valence-electron chi connectivity index (χ3n) is 4.10. The minimum absolute atomic E-state index is 0. The van der Waals surface area contributed by atoms with Gasteiger partial charge >= 0.3 is 0 Å². The first-order chi connectivity index (χ1) is 11.3. The second-order valence-corrected chi connectivity index (χ2v) is 8.68. The monoisotopic (exact) mass is 389 g/mol. The molecule has 0 spiro atoms. The molecule has 0 saturated carbocycles. The molecule has 1 N–H and O–H groups in total. The molecule has 6 nitrogen and oxygen atoms in total. The van der Waals surface area contributed by atoms with Crippen LogP contribution in [0, 0.1) is 5.92 Å². The molecule has 0 aromatic heterocycles. The lowest BCUT2D eigenvalue weighted by Crippen LogP contribution is -2.49. The smallest absolute Gasteiger partial charge is 0.243 e. The second-order valence-electron chi connectivity index (χ2n) is 6.63. The van der Waals surface area contributed by atoms with Crippen LogP contribution in [0.3, 0.4) is 0 Å². The van der Waals surface area contributed by atoms with Gasteiger partial charge in [-0.15, -0.1) is 12.4 Å². The fourth-order valence-electron chi connectivity index (χ4n) is 2.74. The van der Waals surface area contributed by atoms with Crippen LogP contribution in [-0.4, -0.2) is 63.3 Å². The molecule has 1 amide bonds. The fourth-order valence-corrected chi connectivity index (χ4v) is 3.86. The first-order valence-electron chi connectivity index (χ1n) is 8.34. The molecule has 8 heteroatoms. The van der Waals surface area contributed by atoms with Crippen molar-refractivity contribution in [1.29, 1.82) is 0 Å². The molecule has 0 bridgehead atoms. The predicted molar refractivity (Wildman–Crippen MR) is 101 cm³/mol. The van der Waals surface area contributed by atoms with E-state index in [4.69, 9.17) is 0 Å². The van der Waals surface area contributed by atoms with Crippen molar-refractivity contribution in [2.24, 2.45) is 5.92 Å². The third kappa shape index (κ3) is 5.95. The summed E-state index contributed by atoms with van der Waals surface area (Å²) < 4.78 is 26.4. The minimum atomic E-state index is -3.65. The Morgan fingerprint density at radius 3 is 2.28 bits per heavy atom. The number of hydrogen-bond donors (Lipinski definition) is 1. The summed E-state index contributed by atoms with van der Waals surface area (Å²) in [6, 6.07) is 6.94. The van der Waals surface area contributed by atoms with Crippen molar-refractivity contribution in [2.45, 2.75) is 25.2 Å². The van der Waals surface area contributed by atoms with Gasteiger partial charge < -0.3 is 10.2 Å². The Morgan fingerprint density at radius 2 is 1.76 bits per heavy atom. The number of halogens is 1. The van der Waals surface area contributed by atoms with E-state index in [0.717, 1.165) is 29.4 Å². The van der Waals surface area contributed by atoms with E-state index < -0.39 is 10.0 Å². The normalized spacial score (nSPS) is 15.3. The molecule has 1 heterocycles. The number of likely N-dealkylation sites (N-methyl/N-ethyl adjacent to an activating group) is 1. The number of nitrogens with zero attached hydrogens (tertiary/aromatic N) is 2. The summed E-state index contributed by atoms with van der Waals surface area (Å²) in [6.07, 6.45) is 0.914. The Bertz CT molecular complexity index is 656. The maximum Gasteiger partial charge on any atom is 0.243 e. The van der Waals surface area contributed by atoms with Crippen molar-refractivity contribution in [1.82, 2.24) is 14.5 Å². The SMILES string of the molecule is CC(C)Cc1ccc(S(=O)(=O)N(C)CC(=O)N2CCNCC2)cc1.Cl. The highest BCUT2D eigenvalue weighted by atomic mass is 35.5. The molecule has 1 aromatic rings. The maximum atomic E-state index is 12.6. The van der Waals surface area contributed by atoms with Gasteiger partial charge in [-0.05, 0) is 30.0 Å². The molecular weight excluding hydrogens is 362 g/mol. The molecule has 142 valence electrons. The fraction of sp³-hybridized carbons (Fsp3) is 0.588. The van der Waals surface area contributed by atoms with Gasteiger partial charge in [-0.1, -0.05) is 26.0 Å². The number of hydrogen-bond acceptors (Lipinski definition) is 4. The molecule has 0 aliphatic carbocycles. The first-order valence-corrected chi connectivity index (χ1v) is 9.78. The van der Waals surface area contributed by atoms with Crippen LogP contribution >= 0.6 is 12.4 Å². The maximum absolute atomic E-state index is 12.6. The zero-order valence-corrected chi connectivity index (χ0v) is 16.7. The summed E-state index contributed by atoms with van der Waals surface area (Å²) >= 11 is 0. The van der Waals surface area contributed by atoms with Gasteiger partial charge in [-0.25, -0.2) is 8.42 Å². The van der Waals surface area contributed by atoms with Crippen molar-refractivity contribution in [3.8, 4) is 0 Å². The number of benzene rings is 1. The van der Waals surface area contributed by atoms with Crippen molar-refractivity contribution in [3.63, 3.8) is 0 Å². The highest BCUT2D eigenvalue weighted by molar-refractivity contribution is 7.89. The number of nitrogens with one attached hydrogen (secondary N) is 1. The van der Waals surface area contributed by atoms with E-state index in [2.05, 4.69) is 19.2 Å². The number of carbonyl (C=O) groups excluding carboxylic acids is 1. The number of amides is 1. The summed E-state index contributed by atoms with van der Waals surface area (Å²) in [5.74, 6) is 0.366. The average Bonchev–Trinajstić information content (AvgIpc) is 2.55. The van der Waals surface area contributed by atoms with Gasteiger partial charge in [0.2, 0.25) is 15.9 Å². The van der Waals surface area contributed by atoms with Crippen molar-refractivity contribution >= 4 is 28.3 Å². The molecule has 1 aliphatic heterocycles. The van der Waals surface area contributed by atoms with Crippen LogP contribution in [0.2, 0.25) is 0 Å². The van der Waals surface area contributed by atoms with Crippen LogP contribution in [0.5, 0.6) is 0 Å². The highest BCUT2D eigenvalue weighted by Crippen LogP contribution is 2.17. The number of piperazine rings is 1. The van der Waals surface area contributed by atoms with Gasteiger partial charge in [0, 0.05) is 33.2 Å². The van der Waals surface area contributed by atoms with Crippen LogP contribution in [-0.2, 0) is 21.2 Å². The van der Waals surface area contributed by atoms with Gasteiger partial charge in [-0.2, -0.15) is 4.31 Å². The van der Waals surface area contributed by atoms with Gasteiger partial charge in [0.1, 0.15) is 0 Å². The molecule has 0 unspecified atom stereocenters. The lowest BCUT2D eigenvalue weighted by molar-refractivity contribution is -0.131. The Hall–Kier alpha value is -1.15. The molecule has 0 radical (unpaired) electrons. The van der Waals surface area contributed by atoms with Gasteiger partial charge in [0.25, 0.3) is 0 Å². The van der Waals surface area contributed by atoms with Gasteiger partial charge in [-0.3, -0.25) is 4.79 Å². The summed E-state index contributed by atoms with van der Waals surface area (Å²) in [4.78, 5) is 14.2. The number of carbonyl (C=O) groups is 1. The van der Waals surface area contributed by atoms with E-state index in [9.17, 15) is 13.2 Å². The molecule has 1 fully saturated rings. The summed E-state index contributed by atoms with van der Waals surface area (Å²) in [5.41, 5.74) is 1.11. The minimum Gasteiger partial charge on any atom is -0.339 e. The summed E-state index contributed by atoms with van der Waals surface area (Å²) in [7, 11) is -2.19. The molecule has 2 rings (SSSR count). The predicted octanol–water partition coefficient (Wildman–Crippen LogP) is 1.36. The first kappa shape index (κ1) is 21.9. The molecule has 1 saturated heterocycles. The zero-order chi connectivity index (χ0) is 17.7. The van der Waals surface area contributed by atoms with Crippen molar-refractivity contribution < 1.29 is 13.2 Å². The Kier molecular flexibility index (Phi) is 8.34. The van der Waals surface area contributed by atoms with E-state index in [-0.39, 0.29) is 29.8 Å².